The third-order valence-electron chi connectivity index (χ3n) is 3.49. The van der Waals surface area contributed by atoms with Crippen LogP contribution in [0.15, 0.2) is 36.4 Å². The lowest BCUT2D eigenvalue weighted by atomic mass is 10.1. The molecule has 1 heterocycles. The molecule has 5 heteroatoms. The van der Waals surface area contributed by atoms with Crippen LogP contribution in [0.1, 0.15) is 17.8 Å². The number of nitrogens with zero attached hydrogens (tertiary/aromatic N) is 3. The van der Waals surface area contributed by atoms with E-state index >= 15 is 0 Å². The van der Waals surface area contributed by atoms with E-state index in [-0.39, 0.29) is 0 Å². The number of anilines is 2. The molecule has 124 valence electrons. The van der Waals surface area contributed by atoms with Crippen molar-refractivity contribution in [3.05, 3.63) is 47.8 Å². The molecule has 0 aliphatic carbocycles. The third-order valence-corrected chi connectivity index (χ3v) is 3.49. The van der Waals surface area contributed by atoms with Gasteiger partial charge in [0.25, 0.3) is 0 Å². The SMILES string of the molecule is Cc1nc(NCCCc2ccccc2)cc(NCCN(C)C)n1. The van der Waals surface area contributed by atoms with Crippen molar-refractivity contribution in [3.63, 3.8) is 0 Å². The molecule has 0 saturated carbocycles. The summed E-state index contributed by atoms with van der Waals surface area (Å²) in [5.74, 6) is 2.55. The fourth-order valence-corrected chi connectivity index (χ4v) is 2.31. The Hall–Kier alpha value is -2.14. The lowest BCUT2D eigenvalue weighted by Crippen LogP contribution is -2.21. The van der Waals surface area contributed by atoms with Gasteiger partial charge >= 0.3 is 0 Å². The van der Waals surface area contributed by atoms with Crippen LogP contribution in [0.3, 0.4) is 0 Å². The second-order valence-electron chi connectivity index (χ2n) is 5.93. The van der Waals surface area contributed by atoms with Gasteiger partial charge in [-0.15, -0.1) is 0 Å². The van der Waals surface area contributed by atoms with E-state index in [1.165, 1.54) is 5.56 Å². The Morgan fingerprint density at radius 2 is 1.61 bits per heavy atom. The fraction of sp³-hybridized carbons (Fsp3) is 0.444. The first-order valence-electron chi connectivity index (χ1n) is 8.15. The van der Waals surface area contributed by atoms with Crippen LogP contribution in [0.4, 0.5) is 11.6 Å². The number of rotatable bonds is 9. The zero-order valence-electron chi connectivity index (χ0n) is 14.3. The molecule has 0 fully saturated rings. The minimum atomic E-state index is 0.783. The molecule has 2 N–H and O–H groups in total. The van der Waals surface area contributed by atoms with Gasteiger partial charge in [0.2, 0.25) is 0 Å². The van der Waals surface area contributed by atoms with E-state index < -0.39 is 0 Å². The lowest BCUT2D eigenvalue weighted by Gasteiger charge is -2.12. The molecule has 0 spiro atoms. The minimum absolute atomic E-state index is 0.783. The number of nitrogens with one attached hydrogen (secondary N) is 2. The van der Waals surface area contributed by atoms with Crippen molar-refractivity contribution in [2.45, 2.75) is 19.8 Å². The van der Waals surface area contributed by atoms with Crippen LogP contribution in [-0.2, 0) is 6.42 Å². The van der Waals surface area contributed by atoms with E-state index in [2.05, 4.69) is 69.9 Å². The molecule has 23 heavy (non-hydrogen) atoms. The normalized spacial score (nSPS) is 10.8. The highest BCUT2D eigenvalue weighted by Gasteiger charge is 2.02. The van der Waals surface area contributed by atoms with Gasteiger partial charge in [-0.2, -0.15) is 0 Å². The van der Waals surface area contributed by atoms with Gasteiger partial charge in [0.05, 0.1) is 0 Å². The second-order valence-corrected chi connectivity index (χ2v) is 5.93. The second kappa shape index (κ2) is 9.10. The molecule has 0 atom stereocenters. The number of aromatic nitrogens is 2. The van der Waals surface area contributed by atoms with Crippen LogP contribution >= 0.6 is 0 Å². The maximum atomic E-state index is 4.45. The van der Waals surface area contributed by atoms with E-state index in [0.29, 0.717) is 0 Å². The van der Waals surface area contributed by atoms with Gasteiger partial charge in [-0.05, 0) is 39.4 Å². The van der Waals surface area contributed by atoms with Crippen LogP contribution in [0.5, 0.6) is 0 Å². The molecule has 0 unspecified atom stereocenters. The summed E-state index contributed by atoms with van der Waals surface area (Å²) >= 11 is 0. The van der Waals surface area contributed by atoms with Crippen molar-refractivity contribution >= 4 is 11.6 Å². The summed E-state index contributed by atoms with van der Waals surface area (Å²) in [5, 5.41) is 6.73. The first kappa shape index (κ1) is 17.2. The smallest absolute Gasteiger partial charge is 0.131 e. The molecule has 1 aromatic carbocycles. The fourth-order valence-electron chi connectivity index (χ4n) is 2.31. The van der Waals surface area contributed by atoms with Gasteiger partial charge in [0.1, 0.15) is 17.5 Å². The average Bonchev–Trinajstić information content (AvgIpc) is 2.52. The van der Waals surface area contributed by atoms with E-state index in [1.54, 1.807) is 0 Å². The van der Waals surface area contributed by atoms with E-state index in [4.69, 9.17) is 0 Å². The monoisotopic (exact) mass is 313 g/mol. The quantitative estimate of drug-likeness (QED) is 0.697. The van der Waals surface area contributed by atoms with Gasteiger partial charge in [-0.3, -0.25) is 0 Å². The van der Waals surface area contributed by atoms with Crippen LogP contribution in [0.25, 0.3) is 0 Å². The summed E-state index contributed by atoms with van der Waals surface area (Å²) in [6.45, 7) is 4.68. The Labute approximate surface area is 139 Å². The largest absolute Gasteiger partial charge is 0.370 e. The van der Waals surface area contributed by atoms with Crippen molar-refractivity contribution in [1.29, 1.82) is 0 Å². The van der Waals surface area contributed by atoms with Crippen LogP contribution < -0.4 is 10.6 Å². The van der Waals surface area contributed by atoms with E-state index in [1.807, 2.05) is 13.0 Å². The summed E-state index contributed by atoms with van der Waals surface area (Å²) < 4.78 is 0. The van der Waals surface area contributed by atoms with Gasteiger partial charge in [0, 0.05) is 25.7 Å². The van der Waals surface area contributed by atoms with Crippen LogP contribution in [0, 0.1) is 6.92 Å². The molecule has 0 radical (unpaired) electrons. The average molecular weight is 313 g/mol. The topological polar surface area (TPSA) is 53.1 Å². The number of aryl methyl sites for hydroxylation is 2. The third kappa shape index (κ3) is 6.65. The zero-order chi connectivity index (χ0) is 16.5. The Kier molecular flexibility index (Phi) is 6.81. The highest BCUT2D eigenvalue weighted by atomic mass is 15.1. The highest BCUT2D eigenvalue weighted by Crippen LogP contribution is 2.11. The van der Waals surface area contributed by atoms with Crippen molar-refractivity contribution in [3.8, 4) is 0 Å². The Morgan fingerprint density at radius 1 is 0.957 bits per heavy atom. The summed E-state index contributed by atoms with van der Waals surface area (Å²) in [4.78, 5) is 11.0. The van der Waals surface area contributed by atoms with Crippen molar-refractivity contribution < 1.29 is 0 Å². The zero-order valence-corrected chi connectivity index (χ0v) is 14.3. The molecule has 0 amide bonds. The van der Waals surface area contributed by atoms with E-state index in [9.17, 15) is 0 Å². The molecular weight excluding hydrogens is 286 g/mol. The first-order chi connectivity index (χ1) is 11.1. The molecule has 2 rings (SSSR count). The van der Waals surface area contributed by atoms with Crippen molar-refractivity contribution in [1.82, 2.24) is 14.9 Å². The van der Waals surface area contributed by atoms with Gasteiger partial charge < -0.3 is 15.5 Å². The predicted octanol–water partition coefficient (Wildman–Crippen LogP) is 2.80. The molecule has 0 aliphatic heterocycles. The predicted molar refractivity (Wildman–Crippen MR) is 97.1 cm³/mol. The van der Waals surface area contributed by atoms with Crippen LogP contribution in [0.2, 0.25) is 0 Å². The maximum Gasteiger partial charge on any atom is 0.131 e. The van der Waals surface area contributed by atoms with Crippen LogP contribution in [-0.4, -0.2) is 48.6 Å². The van der Waals surface area contributed by atoms with Gasteiger partial charge in [-0.25, -0.2) is 9.97 Å². The number of hydrogen-bond donors (Lipinski definition) is 2. The molecule has 2 aromatic rings. The van der Waals surface area contributed by atoms with E-state index in [0.717, 1.165) is 49.9 Å². The molecular formula is C18H27N5. The van der Waals surface area contributed by atoms with Gasteiger partial charge in [0.15, 0.2) is 0 Å². The number of benzene rings is 1. The van der Waals surface area contributed by atoms with Crippen molar-refractivity contribution in [2.24, 2.45) is 0 Å². The van der Waals surface area contributed by atoms with Crippen molar-refractivity contribution in [2.75, 3.05) is 44.4 Å². The van der Waals surface area contributed by atoms with Gasteiger partial charge in [-0.1, -0.05) is 30.3 Å². The molecule has 1 aromatic heterocycles. The molecule has 0 saturated heterocycles. The number of hydrogen-bond acceptors (Lipinski definition) is 5. The Balaban J connectivity index is 1.79. The Bertz CT molecular complexity index is 583. The summed E-state index contributed by atoms with van der Waals surface area (Å²) in [6.07, 6.45) is 2.16. The highest BCUT2D eigenvalue weighted by molar-refractivity contribution is 5.47. The lowest BCUT2D eigenvalue weighted by molar-refractivity contribution is 0.425. The molecule has 5 nitrogen and oxygen atoms in total. The Morgan fingerprint density at radius 3 is 2.26 bits per heavy atom. The molecule has 0 aliphatic rings. The number of likely N-dealkylation sites (N-methyl/N-ethyl adjacent to an activating group) is 1. The first-order valence-corrected chi connectivity index (χ1v) is 8.15. The molecule has 0 bridgehead atoms. The standard InChI is InChI=1S/C18H27N5/c1-15-21-17(14-18(22-15)20-12-13-23(2)3)19-11-7-10-16-8-5-4-6-9-16/h4-6,8-9,14H,7,10-13H2,1-3H3,(H2,19,20,21,22). The maximum absolute atomic E-state index is 4.45. The summed E-state index contributed by atoms with van der Waals surface area (Å²) in [5.41, 5.74) is 1.37. The minimum Gasteiger partial charge on any atom is -0.370 e. The summed E-state index contributed by atoms with van der Waals surface area (Å²) in [7, 11) is 4.12. The summed E-state index contributed by atoms with van der Waals surface area (Å²) in [6, 6.07) is 12.5.